The molecule has 1 unspecified atom stereocenters. The zero-order chi connectivity index (χ0) is 19.4. The van der Waals surface area contributed by atoms with Crippen LogP contribution in [0.5, 0.6) is 5.75 Å². The zero-order valence-corrected chi connectivity index (χ0v) is 15.3. The number of hydrogen-bond acceptors (Lipinski definition) is 5. The first-order valence-electron chi connectivity index (χ1n) is 8.69. The molecule has 6 nitrogen and oxygen atoms in total. The van der Waals surface area contributed by atoms with Gasteiger partial charge >= 0.3 is 5.97 Å². The Morgan fingerprint density at radius 3 is 2.59 bits per heavy atom. The van der Waals surface area contributed by atoms with Gasteiger partial charge in [-0.2, -0.15) is 0 Å². The van der Waals surface area contributed by atoms with Crippen molar-refractivity contribution in [3.05, 3.63) is 59.7 Å². The number of hydrogen-bond donors (Lipinski definition) is 0. The molecule has 0 saturated carbocycles. The van der Waals surface area contributed by atoms with Gasteiger partial charge in [-0.1, -0.05) is 29.8 Å². The molecular formula is C21H21NO5. The summed E-state index contributed by atoms with van der Waals surface area (Å²) in [4.78, 5) is 38.3. The number of nitrogens with zero attached hydrogens (tertiary/aromatic N) is 1. The predicted octanol–water partition coefficient (Wildman–Crippen LogP) is 2.78. The smallest absolute Gasteiger partial charge is 0.311 e. The normalized spacial score (nSPS) is 16.3. The summed E-state index contributed by atoms with van der Waals surface area (Å²) >= 11 is 0. The van der Waals surface area contributed by atoms with Gasteiger partial charge in [-0.05, 0) is 31.2 Å². The summed E-state index contributed by atoms with van der Waals surface area (Å²) in [7, 11) is 1.51. The average molecular weight is 367 g/mol. The van der Waals surface area contributed by atoms with Gasteiger partial charge in [0.1, 0.15) is 5.75 Å². The molecule has 1 aliphatic heterocycles. The van der Waals surface area contributed by atoms with Crippen molar-refractivity contribution in [1.29, 1.82) is 0 Å². The summed E-state index contributed by atoms with van der Waals surface area (Å²) < 4.78 is 10.2. The lowest BCUT2D eigenvalue weighted by atomic mass is 10.1. The van der Waals surface area contributed by atoms with E-state index in [-0.39, 0.29) is 31.3 Å². The number of benzene rings is 2. The Morgan fingerprint density at radius 2 is 1.89 bits per heavy atom. The summed E-state index contributed by atoms with van der Waals surface area (Å²) in [5, 5.41) is 0. The molecule has 1 heterocycles. The maximum atomic E-state index is 12.3. The second-order valence-electron chi connectivity index (χ2n) is 6.50. The molecule has 1 aliphatic rings. The molecule has 0 spiro atoms. The molecule has 140 valence electrons. The predicted molar refractivity (Wildman–Crippen MR) is 99.9 cm³/mol. The van der Waals surface area contributed by atoms with E-state index in [2.05, 4.69) is 0 Å². The van der Waals surface area contributed by atoms with Crippen LogP contribution in [-0.4, -0.2) is 37.9 Å². The van der Waals surface area contributed by atoms with E-state index >= 15 is 0 Å². The maximum absolute atomic E-state index is 12.3. The lowest BCUT2D eigenvalue weighted by Gasteiger charge is -2.16. The molecule has 1 saturated heterocycles. The number of carbonyl (C=O) groups is 3. The van der Waals surface area contributed by atoms with Crippen LogP contribution >= 0.6 is 0 Å². The van der Waals surface area contributed by atoms with Crippen LogP contribution in [0.1, 0.15) is 22.3 Å². The molecule has 6 heteroatoms. The van der Waals surface area contributed by atoms with E-state index in [1.165, 1.54) is 7.11 Å². The fourth-order valence-corrected chi connectivity index (χ4v) is 2.97. The van der Waals surface area contributed by atoms with Crippen molar-refractivity contribution in [1.82, 2.24) is 0 Å². The van der Waals surface area contributed by atoms with Crippen LogP contribution < -0.4 is 9.64 Å². The highest BCUT2D eigenvalue weighted by molar-refractivity contribution is 6.01. The number of Topliss-reactive ketones (excluding diaryl/α,β-unsaturated/α-hetero) is 1. The lowest BCUT2D eigenvalue weighted by molar-refractivity contribution is -0.147. The van der Waals surface area contributed by atoms with E-state index in [0.717, 1.165) is 11.3 Å². The fraction of sp³-hybridized carbons (Fsp3) is 0.286. The third-order valence-electron chi connectivity index (χ3n) is 4.54. The van der Waals surface area contributed by atoms with Crippen LogP contribution in [0.3, 0.4) is 0 Å². The van der Waals surface area contributed by atoms with Crippen molar-refractivity contribution in [3.63, 3.8) is 0 Å². The Bertz CT molecular complexity index is 859. The number of ether oxygens (including phenoxy) is 2. The molecule has 1 amide bonds. The van der Waals surface area contributed by atoms with Crippen molar-refractivity contribution in [2.24, 2.45) is 5.92 Å². The number of carbonyl (C=O) groups excluding carboxylic acids is 3. The standard InChI is InChI=1S/C21H21NO5/c1-14-6-8-17(9-7-14)22-12-16(11-20(22)24)21(25)27-13-19(23)15-4-3-5-18(10-15)26-2/h3-10,16H,11-13H2,1-2H3. The highest BCUT2D eigenvalue weighted by atomic mass is 16.5. The van der Waals surface area contributed by atoms with E-state index in [9.17, 15) is 14.4 Å². The van der Waals surface area contributed by atoms with Gasteiger partial charge in [0, 0.05) is 24.2 Å². The summed E-state index contributed by atoms with van der Waals surface area (Å²) in [6, 6.07) is 14.2. The van der Waals surface area contributed by atoms with Crippen molar-refractivity contribution in [2.45, 2.75) is 13.3 Å². The van der Waals surface area contributed by atoms with E-state index in [1.807, 2.05) is 31.2 Å². The van der Waals surface area contributed by atoms with Crippen LogP contribution in [0, 0.1) is 12.8 Å². The molecule has 27 heavy (non-hydrogen) atoms. The number of methoxy groups -OCH3 is 1. The van der Waals surface area contributed by atoms with Crippen LogP contribution in [0.15, 0.2) is 48.5 Å². The van der Waals surface area contributed by atoms with Gasteiger partial charge in [0.15, 0.2) is 12.4 Å². The molecule has 2 aromatic rings. The Labute approximate surface area is 157 Å². The Balaban J connectivity index is 1.57. The minimum atomic E-state index is -0.572. The second-order valence-corrected chi connectivity index (χ2v) is 6.50. The maximum Gasteiger partial charge on any atom is 0.311 e. The minimum absolute atomic E-state index is 0.0834. The first kappa shape index (κ1) is 18.6. The van der Waals surface area contributed by atoms with Crippen molar-refractivity contribution in [2.75, 3.05) is 25.2 Å². The van der Waals surface area contributed by atoms with Crippen molar-refractivity contribution < 1.29 is 23.9 Å². The Kier molecular flexibility index (Phi) is 5.54. The van der Waals surface area contributed by atoms with Crippen LogP contribution in [-0.2, 0) is 14.3 Å². The van der Waals surface area contributed by atoms with E-state index in [4.69, 9.17) is 9.47 Å². The number of ketones is 1. The fourth-order valence-electron chi connectivity index (χ4n) is 2.97. The van der Waals surface area contributed by atoms with Gasteiger partial charge in [0.05, 0.1) is 13.0 Å². The first-order chi connectivity index (χ1) is 13.0. The van der Waals surface area contributed by atoms with Crippen LogP contribution in [0.25, 0.3) is 0 Å². The molecule has 1 atom stereocenters. The first-order valence-corrected chi connectivity index (χ1v) is 8.69. The van der Waals surface area contributed by atoms with Gasteiger partial charge < -0.3 is 14.4 Å². The topological polar surface area (TPSA) is 72.9 Å². The Hall–Kier alpha value is -3.15. The van der Waals surface area contributed by atoms with Crippen LogP contribution in [0.2, 0.25) is 0 Å². The number of amides is 1. The summed E-state index contributed by atoms with van der Waals surface area (Å²) in [6.07, 6.45) is 0.0834. The number of aryl methyl sites for hydroxylation is 1. The molecular weight excluding hydrogens is 346 g/mol. The number of rotatable bonds is 6. The number of esters is 1. The molecule has 0 N–H and O–H groups in total. The Morgan fingerprint density at radius 1 is 1.15 bits per heavy atom. The quantitative estimate of drug-likeness (QED) is 0.580. The molecule has 0 aliphatic carbocycles. The van der Waals surface area contributed by atoms with Crippen molar-refractivity contribution in [3.8, 4) is 5.75 Å². The summed E-state index contributed by atoms with van der Waals surface area (Å²) in [6.45, 7) is 1.87. The highest BCUT2D eigenvalue weighted by Gasteiger charge is 2.36. The largest absolute Gasteiger partial charge is 0.497 e. The van der Waals surface area contributed by atoms with Gasteiger partial charge in [-0.15, -0.1) is 0 Å². The molecule has 1 fully saturated rings. The molecule has 0 radical (unpaired) electrons. The van der Waals surface area contributed by atoms with E-state index in [1.54, 1.807) is 29.2 Å². The third kappa shape index (κ3) is 4.34. The van der Waals surface area contributed by atoms with Gasteiger partial charge in [0.2, 0.25) is 5.91 Å². The molecule has 0 bridgehead atoms. The lowest BCUT2D eigenvalue weighted by Crippen LogP contribution is -2.27. The van der Waals surface area contributed by atoms with E-state index in [0.29, 0.717) is 11.3 Å². The van der Waals surface area contributed by atoms with E-state index < -0.39 is 11.9 Å². The summed E-state index contributed by atoms with van der Waals surface area (Å²) in [5.74, 6) is -0.990. The average Bonchev–Trinajstić information content (AvgIpc) is 3.08. The van der Waals surface area contributed by atoms with Gasteiger partial charge in [-0.3, -0.25) is 14.4 Å². The highest BCUT2D eigenvalue weighted by Crippen LogP contribution is 2.26. The third-order valence-corrected chi connectivity index (χ3v) is 4.54. The second kappa shape index (κ2) is 8.03. The van der Waals surface area contributed by atoms with Gasteiger partial charge in [-0.25, -0.2) is 0 Å². The van der Waals surface area contributed by atoms with Crippen LogP contribution in [0.4, 0.5) is 5.69 Å². The minimum Gasteiger partial charge on any atom is -0.497 e. The molecule has 2 aromatic carbocycles. The molecule has 0 aromatic heterocycles. The number of anilines is 1. The SMILES string of the molecule is COc1cccc(C(=O)COC(=O)C2CC(=O)N(c3ccc(C)cc3)C2)c1. The van der Waals surface area contributed by atoms with Gasteiger partial charge in [0.25, 0.3) is 0 Å². The van der Waals surface area contributed by atoms with Crippen molar-refractivity contribution >= 4 is 23.3 Å². The zero-order valence-electron chi connectivity index (χ0n) is 15.3. The monoisotopic (exact) mass is 367 g/mol. The molecule has 3 rings (SSSR count). The summed E-state index contributed by atoms with van der Waals surface area (Å²) in [5.41, 5.74) is 2.26.